The number of esters is 1. The third-order valence-electron chi connectivity index (χ3n) is 4.17. The van der Waals surface area contributed by atoms with Crippen LogP contribution >= 0.6 is 11.3 Å². The second kappa shape index (κ2) is 7.60. The van der Waals surface area contributed by atoms with Gasteiger partial charge in [0.1, 0.15) is 12.4 Å². The Kier molecular flexibility index (Phi) is 4.85. The largest absolute Gasteiger partial charge is 0.489 e. The van der Waals surface area contributed by atoms with Gasteiger partial charge < -0.3 is 9.47 Å². The molecule has 0 unspecified atom stereocenters. The predicted octanol–water partition coefficient (Wildman–Crippen LogP) is 4.98. The van der Waals surface area contributed by atoms with Crippen molar-refractivity contribution in [3.8, 4) is 5.75 Å². The molecular formula is C22H17NO3S. The zero-order valence-corrected chi connectivity index (χ0v) is 15.5. The molecule has 0 radical (unpaired) electrons. The third kappa shape index (κ3) is 3.99. The van der Waals surface area contributed by atoms with E-state index in [0.29, 0.717) is 12.5 Å². The maximum absolute atomic E-state index is 12.1. The van der Waals surface area contributed by atoms with Crippen molar-refractivity contribution in [2.75, 3.05) is 0 Å². The standard InChI is InChI=1S/C22H17NO3S/c1-15-6-2-3-8-17(15)14-25-18-9-4-7-16(12-18)13-19-22(24)26-21(23-19)20-10-5-11-27-20/h2-13H,14H2,1H3/b19-13-. The summed E-state index contributed by atoms with van der Waals surface area (Å²) in [5.41, 5.74) is 3.46. The molecule has 0 N–H and O–H groups in total. The topological polar surface area (TPSA) is 47.9 Å². The monoisotopic (exact) mass is 375 g/mol. The molecule has 27 heavy (non-hydrogen) atoms. The lowest BCUT2D eigenvalue weighted by Gasteiger charge is -2.09. The first kappa shape index (κ1) is 17.2. The van der Waals surface area contributed by atoms with Crippen LogP contribution in [-0.4, -0.2) is 11.9 Å². The van der Waals surface area contributed by atoms with Crippen LogP contribution in [-0.2, 0) is 16.1 Å². The SMILES string of the molecule is Cc1ccccc1COc1cccc(/C=C2\N=C(c3cccs3)OC2=O)c1. The van der Waals surface area contributed by atoms with E-state index < -0.39 is 5.97 Å². The van der Waals surface area contributed by atoms with Crippen LogP contribution in [0.15, 0.2) is 76.7 Å². The van der Waals surface area contributed by atoms with Crippen molar-refractivity contribution in [1.29, 1.82) is 0 Å². The molecule has 0 bridgehead atoms. The number of hydrogen-bond donors (Lipinski definition) is 0. The molecule has 5 heteroatoms. The molecule has 1 aliphatic heterocycles. The van der Waals surface area contributed by atoms with Gasteiger partial charge in [-0.25, -0.2) is 9.79 Å². The summed E-state index contributed by atoms with van der Waals surface area (Å²) in [5.74, 6) is 0.652. The summed E-state index contributed by atoms with van der Waals surface area (Å²) >= 11 is 1.48. The van der Waals surface area contributed by atoms with Crippen LogP contribution in [0.1, 0.15) is 21.6 Å². The van der Waals surface area contributed by atoms with Crippen molar-refractivity contribution in [3.05, 3.63) is 93.3 Å². The van der Waals surface area contributed by atoms with Crippen LogP contribution in [0.2, 0.25) is 0 Å². The van der Waals surface area contributed by atoms with Crippen molar-refractivity contribution >= 4 is 29.3 Å². The van der Waals surface area contributed by atoms with E-state index >= 15 is 0 Å². The summed E-state index contributed by atoms with van der Waals surface area (Å²) in [6.07, 6.45) is 1.71. The first-order chi connectivity index (χ1) is 13.2. The average molecular weight is 375 g/mol. The zero-order chi connectivity index (χ0) is 18.6. The number of aryl methyl sites for hydroxylation is 1. The molecule has 3 aromatic rings. The maximum Gasteiger partial charge on any atom is 0.363 e. The lowest BCUT2D eigenvalue weighted by atomic mass is 10.1. The number of aliphatic imine (C=N–C) groups is 1. The van der Waals surface area contributed by atoms with Crippen molar-refractivity contribution in [2.45, 2.75) is 13.5 Å². The Morgan fingerprint density at radius 1 is 1.11 bits per heavy atom. The smallest absolute Gasteiger partial charge is 0.363 e. The molecule has 0 amide bonds. The predicted molar refractivity (Wildman–Crippen MR) is 107 cm³/mol. The van der Waals surface area contributed by atoms with Gasteiger partial charge in [-0.15, -0.1) is 11.3 Å². The number of ether oxygens (including phenoxy) is 2. The molecule has 4 nitrogen and oxygen atoms in total. The average Bonchev–Trinajstić information content (AvgIpc) is 3.32. The van der Waals surface area contributed by atoms with Crippen LogP contribution in [0.25, 0.3) is 6.08 Å². The fourth-order valence-corrected chi connectivity index (χ4v) is 3.35. The number of nitrogens with zero attached hydrogens (tertiary/aromatic N) is 1. The van der Waals surface area contributed by atoms with Crippen LogP contribution in [0.3, 0.4) is 0 Å². The van der Waals surface area contributed by atoms with Crippen molar-refractivity contribution < 1.29 is 14.3 Å². The summed E-state index contributed by atoms with van der Waals surface area (Å²) in [7, 11) is 0. The highest BCUT2D eigenvalue weighted by Crippen LogP contribution is 2.23. The number of thiophene rings is 1. The molecule has 0 atom stereocenters. The summed E-state index contributed by atoms with van der Waals surface area (Å²) in [5, 5.41) is 1.92. The van der Waals surface area contributed by atoms with Gasteiger partial charge in [0.2, 0.25) is 5.90 Å². The molecule has 1 aromatic heterocycles. The van der Waals surface area contributed by atoms with Crippen molar-refractivity contribution in [3.63, 3.8) is 0 Å². The van der Waals surface area contributed by atoms with E-state index in [-0.39, 0.29) is 5.70 Å². The van der Waals surface area contributed by atoms with Gasteiger partial charge in [-0.1, -0.05) is 42.5 Å². The van der Waals surface area contributed by atoms with Crippen LogP contribution in [0, 0.1) is 6.92 Å². The number of carbonyl (C=O) groups is 1. The number of hydrogen-bond acceptors (Lipinski definition) is 5. The Morgan fingerprint density at radius 3 is 2.81 bits per heavy atom. The Hall–Kier alpha value is -3.18. The van der Waals surface area contributed by atoms with Crippen molar-refractivity contribution in [1.82, 2.24) is 0 Å². The van der Waals surface area contributed by atoms with Gasteiger partial charge >= 0.3 is 5.97 Å². The van der Waals surface area contributed by atoms with Gasteiger partial charge in [-0.2, -0.15) is 0 Å². The van der Waals surface area contributed by atoms with Gasteiger partial charge in [0, 0.05) is 0 Å². The van der Waals surface area contributed by atoms with Crippen LogP contribution in [0.5, 0.6) is 5.75 Å². The molecule has 134 valence electrons. The molecule has 4 rings (SSSR count). The Labute approximate surface area is 161 Å². The molecule has 2 heterocycles. The fourth-order valence-electron chi connectivity index (χ4n) is 2.70. The lowest BCUT2D eigenvalue weighted by Crippen LogP contribution is -2.03. The highest BCUT2D eigenvalue weighted by molar-refractivity contribution is 7.12. The van der Waals surface area contributed by atoms with E-state index in [0.717, 1.165) is 21.8 Å². The Bertz CT molecular complexity index is 1040. The van der Waals surface area contributed by atoms with Gasteiger partial charge in [0.15, 0.2) is 5.70 Å². The van der Waals surface area contributed by atoms with Gasteiger partial charge in [-0.3, -0.25) is 0 Å². The van der Waals surface area contributed by atoms with E-state index in [1.165, 1.54) is 16.9 Å². The number of rotatable bonds is 5. The van der Waals surface area contributed by atoms with Crippen LogP contribution < -0.4 is 4.74 Å². The summed E-state index contributed by atoms with van der Waals surface area (Å²) in [6.45, 7) is 2.56. The number of carbonyl (C=O) groups excluding carboxylic acids is 1. The van der Waals surface area contributed by atoms with E-state index in [2.05, 4.69) is 24.0 Å². The Balaban J connectivity index is 1.51. The minimum Gasteiger partial charge on any atom is -0.489 e. The molecule has 1 aliphatic rings. The summed E-state index contributed by atoms with van der Waals surface area (Å²) in [4.78, 5) is 17.2. The quantitative estimate of drug-likeness (QED) is 0.467. The Morgan fingerprint density at radius 2 is 2.00 bits per heavy atom. The molecule has 0 aliphatic carbocycles. The van der Waals surface area contributed by atoms with Gasteiger partial charge in [-0.05, 0) is 53.3 Å². The normalized spacial score (nSPS) is 14.9. The molecule has 0 fully saturated rings. The van der Waals surface area contributed by atoms with Crippen LogP contribution in [0.4, 0.5) is 0 Å². The summed E-state index contributed by atoms with van der Waals surface area (Å²) < 4.78 is 11.2. The van der Waals surface area contributed by atoms with Crippen molar-refractivity contribution in [2.24, 2.45) is 4.99 Å². The van der Waals surface area contributed by atoms with Gasteiger partial charge in [0.25, 0.3) is 0 Å². The van der Waals surface area contributed by atoms with E-state index in [1.54, 1.807) is 6.08 Å². The second-order valence-corrected chi connectivity index (χ2v) is 7.05. The van der Waals surface area contributed by atoms with E-state index in [9.17, 15) is 4.79 Å². The van der Waals surface area contributed by atoms with E-state index in [1.807, 2.05) is 53.9 Å². The third-order valence-corrected chi connectivity index (χ3v) is 5.03. The highest BCUT2D eigenvalue weighted by Gasteiger charge is 2.24. The molecule has 2 aromatic carbocycles. The minimum atomic E-state index is -0.440. The fraction of sp³-hybridized carbons (Fsp3) is 0.0909. The minimum absolute atomic E-state index is 0.287. The molecule has 0 saturated carbocycles. The molecular weight excluding hydrogens is 358 g/mol. The zero-order valence-electron chi connectivity index (χ0n) is 14.7. The molecule has 0 saturated heterocycles. The second-order valence-electron chi connectivity index (χ2n) is 6.10. The van der Waals surface area contributed by atoms with Gasteiger partial charge in [0.05, 0.1) is 4.88 Å². The first-order valence-corrected chi connectivity index (χ1v) is 9.41. The first-order valence-electron chi connectivity index (χ1n) is 8.53. The van der Waals surface area contributed by atoms with E-state index in [4.69, 9.17) is 9.47 Å². The maximum atomic E-state index is 12.1. The lowest BCUT2D eigenvalue weighted by molar-refractivity contribution is -0.129. The number of benzene rings is 2. The molecule has 0 spiro atoms. The highest BCUT2D eigenvalue weighted by atomic mass is 32.1. The summed E-state index contributed by atoms with van der Waals surface area (Å²) in [6, 6.07) is 19.5. The number of cyclic esters (lactones) is 1.